The minimum Gasteiger partial charge on any atom is -0.332 e. The van der Waals surface area contributed by atoms with Crippen molar-refractivity contribution < 1.29 is 4.79 Å². The number of rotatable bonds is 5. The Morgan fingerprint density at radius 1 is 1.30 bits per heavy atom. The van der Waals surface area contributed by atoms with Crippen LogP contribution in [0, 0.1) is 11.3 Å². The lowest BCUT2D eigenvalue weighted by molar-refractivity contribution is -0.128. The topological polar surface area (TPSA) is 57.0 Å². The third kappa shape index (κ3) is 4.79. The molecule has 0 bridgehead atoms. The van der Waals surface area contributed by atoms with Crippen LogP contribution in [0.4, 0.5) is 0 Å². The first-order valence-corrected chi connectivity index (χ1v) is 7.48. The van der Waals surface area contributed by atoms with E-state index in [1.165, 1.54) is 0 Å². The molecular weight excluding hydrogens is 286 g/mol. The summed E-state index contributed by atoms with van der Waals surface area (Å²) < 4.78 is 0. The predicted octanol–water partition coefficient (Wildman–Crippen LogP) is 3.40. The van der Waals surface area contributed by atoms with Crippen molar-refractivity contribution in [2.45, 2.75) is 26.4 Å². The van der Waals surface area contributed by atoms with Crippen LogP contribution in [-0.4, -0.2) is 21.8 Å². The summed E-state index contributed by atoms with van der Waals surface area (Å²) in [5.41, 5.74) is 2.51. The van der Waals surface area contributed by atoms with E-state index < -0.39 is 0 Å². The molecule has 1 heterocycles. The van der Waals surface area contributed by atoms with Gasteiger partial charge in [0, 0.05) is 31.1 Å². The maximum absolute atomic E-state index is 12.5. The van der Waals surface area contributed by atoms with Gasteiger partial charge in [0.1, 0.15) is 0 Å². The highest BCUT2D eigenvalue weighted by Crippen LogP contribution is 2.11. The van der Waals surface area contributed by atoms with Crippen molar-refractivity contribution in [2.75, 3.05) is 0 Å². The highest BCUT2D eigenvalue weighted by Gasteiger charge is 2.14. The summed E-state index contributed by atoms with van der Waals surface area (Å²) in [6, 6.07) is 13.2. The lowest BCUT2D eigenvalue weighted by Crippen LogP contribution is -2.35. The second-order valence-corrected chi connectivity index (χ2v) is 5.49. The van der Waals surface area contributed by atoms with Gasteiger partial charge in [-0.1, -0.05) is 18.2 Å². The van der Waals surface area contributed by atoms with Gasteiger partial charge in [0.25, 0.3) is 0 Å². The first kappa shape index (κ1) is 16.4. The number of carbonyl (C=O) groups is 1. The van der Waals surface area contributed by atoms with Gasteiger partial charge >= 0.3 is 0 Å². The molecule has 0 aliphatic heterocycles. The zero-order valence-electron chi connectivity index (χ0n) is 13.3. The third-order valence-electron chi connectivity index (χ3n) is 3.45. The molecule has 4 heteroatoms. The molecule has 0 radical (unpaired) electrons. The molecular formula is C19H19N3O. The zero-order chi connectivity index (χ0) is 16.7. The molecule has 0 atom stereocenters. The lowest BCUT2D eigenvalue weighted by Gasteiger charge is -2.25. The molecule has 0 N–H and O–H groups in total. The molecule has 0 aliphatic carbocycles. The second-order valence-electron chi connectivity index (χ2n) is 5.49. The van der Waals surface area contributed by atoms with E-state index in [-0.39, 0.29) is 11.9 Å². The average Bonchev–Trinajstić information content (AvgIpc) is 2.58. The van der Waals surface area contributed by atoms with Crippen molar-refractivity contribution in [3.05, 3.63) is 71.6 Å². The van der Waals surface area contributed by atoms with Crippen LogP contribution in [0.1, 0.15) is 30.5 Å². The molecule has 1 aromatic carbocycles. The first-order valence-electron chi connectivity index (χ1n) is 7.48. The fraction of sp³-hybridized carbons (Fsp3) is 0.211. The maximum atomic E-state index is 12.5. The normalized spacial score (nSPS) is 10.7. The average molecular weight is 305 g/mol. The summed E-state index contributed by atoms with van der Waals surface area (Å²) in [5, 5.41) is 8.84. The van der Waals surface area contributed by atoms with Crippen molar-refractivity contribution in [1.82, 2.24) is 9.88 Å². The van der Waals surface area contributed by atoms with Crippen molar-refractivity contribution in [2.24, 2.45) is 0 Å². The molecule has 0 aliphatic rings. The Kier molecular flexibility index (Phi) is 5.65. The number of nitrogens with zero attached hydrogens (tertiary/aromatic N) is 3. The maximum Gasteiger partial charge on any atom is 0.247 e. The van der Waals surface area contributed by atoms with E-state index in [4.69, 9.17) is 5.26 Å². The molecule has 1 amide bonds. The number of hydrogen-bond acceptors (Lipinski definition) is 3. The van der Waals surface area contributed by atoms with Gasteiger partial charge in [-0.3, -0.25) is 9.78 Å². The van der Waals surface area contributed by atoms with E-state index in [1.54, 1.807) is 41.6 Å². The SMILES string of the molecule is CC(C)N(Cc1ccc(C#N)cc1)C(=O)/C=C/c1cccnc1. The number of hydrogen-bond donors (Lipinski definition) is 0. The largest absolute Gasteiger partial charge is 0.332 e. The van der Waals surface area contributed by atoms with E-state index in [0.29, 0.717) is 12.1 Å². The van der Waals surface area contributed by atoms with Gasteiger partial charge in [-0.05, 0) is 49.2 Å². The Morgan fingerprint density at radius 2 is 2.04 bits per heavy atom. The van der Waals surface area contributed by atoms with E-state index in [0.717, 1.165) is 11.1 Å². The molecule has 0 fully saturated rings. The van der Waals surface area contributed by atoms with Crippen LogP contribution in [-0.2, 0) is 11.3 Å². The first-order chi connectivity index (χ1) is 11.1. The van der Waals surface area contributed by atoms with E-state index in [2.05, 4.69) is 11.1 Å². The zero-order valence-corrected chi connectivity index (χ0v) is 13.3. The van der Waals surface area contributed by atoms with Crippen molar-refractivity contribution in [3.63, 3.8) is 0 Å². The summed E-state index contributed by atoms with van der Waals surface area (Å²) >= 11 is 0. The van der Waals surface area contributed by atoms with Gasteiger partial charge in [-0.25, -0.2) is 0 Å². The number of aromatic nitrogens is 1. The summed E-state index contributed by atoms with van der Waals surface area (Å²) in [5.74, 6) is -0.0480. The minimum atomic E-state index is -0.0480. The van der Waals surface area contributed by atoms with Crippen molar-refractivity contribution in [1.29, 1.82) is 5.26 Å². The number of benzene rings is 1. The lowest BCUT2D eigenvalue weighted by atomic mass is 10.1. The van der Waals surface area contributed by atoms with Crippen LogP contribution in [0.25, 0.3) is 6.08 Å². The van der Waals surface area contributed by atoms with Crippen LogP contribution < -0.4 is 0 Å². The fourth-order valence-corrected chi connectivity index (χ4v) is 2.13. The van der Waals surface area contributed by atoms with Crippen LogP contribution in [0.15, 0.2) is 54.9 Å². The number of nitriles is 1. The van der Waals surface area contributed by atoms with Crippen LogP contribution in [0.3, 0.4) is 0 Å². The Bertz CT molecular complexity index is 713. The quantitative estimate of drug-likeness (QED) is 0.795. The Labute approximate surface area is 136 Å². The van der Waals surface area contributed by atoms with E-state index in [9.17, 15) is 4.79 Å². The second kappa shape index (κ2) is 7.90. The van der Waals surface area contributed by atoms with Gasteiger partial charge < -0.3 is 4.90 Å². The number of pyridine rings is 1. The smallest absolute Gasteiger partial charge is 0.247 e. The standard InChI is InChI=1S/C19H19N3O/c1-15(2)22(14-18-7-5-16(12-20)6-8-18)19(23)10-9-17-4-3-11-21-13-17/h3-11,13,15H,14H2,1-2H3/b10-9+. The van der Waals surface area contributed by atoms with Gasteiger partial charge in [-0.15, -0.1) is 0 Å². The van der Waals surface area contributed by atoms with E-state index >= 15 is 0 Å². The number of carbonyl (C=O) groups excluding carboxylic acids is 1. The Balaban J connectivity index is 2.09. The van der Waals surface area contributed by atoms with Gasteiger partial charge in [-0.2, -0.15) is 5.26 Å². The minimum absolute atomic E-state index is 0.0480. The van der Waals surface area contributed by atoms with Gasteiger partial charge in [0.05, 0.1) is 11.6 Å². The Hall–Kier alpha value is -2.93. The molecule has 116 valence electrons. The molecule has 23 heavy (non-hydrogen) atoms. The van der Waals surface area contributed by atoms with Crippen LogP contribution in [0.2, 0.25) is 0 Å². The summed E-state index contributed by atoms with van der Waals surface area (Å²) in [6.07, 6.45) is 6.75. The fourth-order valence-electron chi connectivity index (χ4n) is 2.13. The third-order valence-corrected chi connectivity index (χ3v) is 3.45. The number of amides is 1. The van der Waals surface area contributed by atoms with Crippen molar-refractivity contribution >= 4 is 12.0 Å². The van der Waals surface area contributed by atoms with Crippen LogP contribution in [0.5, 0.6) is 0 Å². The molecule has 0 unspecified atom stereocenters. The van der Waals surface area contributed by atoms with Crippen molar-refractivity contribution in [3.8, 4) is 6.07 Å². The highest BCUT2D eigenvalue weighted by molar-refractivity contribution is 5.91. The van der Waals surface area contributed by atoms with Gasteiger partial charge in [0.15, 0.2) is 0 Å². The molecule has 1 aromatic heterocycles. The molecule has 0 saturated heterocycles. The van der Waals surface area contributed by atoms with Gasteiger partial charge in [0.2, 0.25) is 5.91 Å². The predicted molar refractivity (Wildman–Crippen MR) is 90.1 cm³/mol. The molecule has 0 saturated carbocycles. The molecule has 4 nitrogen and oxygen atoms in total. The van der Waals surface area contributed by atoms with Crippen LogP contribution >= 0.6 is 0 Å². The van der Waals surface area contributed by atoms with E-state index in [1.807, 2.05) is 38.1 Å². The highest BCUT2D eigenvalue weighted by atomic mass is 16.2. The monoisotopic (exact) mass is 305 g/mol. The molecule has 0 spiro atoms. The molecule has 2 aromatic rings. The molecule has 2 rings (SSSR count). The summed E-state index contributed by atoms with van der Waals surface area (Å²) in [7, 11) is 0. The summed E-state index contributed by atoms with van der Waals surface area (Å²) in [6.45, 7) is 4.48. The Morgan fingerprint density at radius 3 is 2.61 bits per heavy atom. The summed E-state index contributed by atoms with van der Waals surface area (Å²) in [4.78, 5) is 18.3.